The molecule has 2 N–H and O–H groups in total. The molecule has 32 heavy (non-hydrogen) atoms. The van der Waals surface area contributed by atoms with E-state index in [0.717, 1.165) is 5.39 Å². The van der Waals surface area contributed by atoms with Crippen molar-refractivity contribution in [1.82, 2.24) is 14.7 Å². The first kappa shape index (κ1) is 21.6. The number of hydrogen-bond acceptors (Lipinski definition) is 7. The Balaban J connectivity index is 1.62. The van der Waals surface area contributed by atoms with Gasteiger partial charge in [-0.2, -0.15) is 5.10 Å². The van der Waals surface area contributed by atoms with E-state index in [4.69, 9.17) is 16.3 Å². The van der Waals surface area contributed by atoms with Crippen molar-refractivity contribution in [2.75, 3.05) is 14.2 Å². The molecule has 4 rings (SSSR count). The molecule has 0 unspecified atom stereocenters. The minimum Gasteiger partial charge on any atom is -0.505 e. The van der Waals surface area contributed by atoms with Crippen LogP contribution in [0.4, 0.5) is 0 Å². The zero-order valence-electron chi connectivity index (χ0n) is 16.9. The average molecular weight is 473 g/mol. The fourth-order valence-electron chi connectivity index (χ4n) is 3.25. The van der Waals surface area contributed by atoms with Crippen LogP contribution in [0.2, 0.25) is 5.15 Å². The van der Waals surface area contributed by atoms with Gasteiger partial charge in [0.25, 0.3) is 15.9 Å². The summed E-state index contributed by atoms with van der Waals surface area (Å²) >= 11 is 6.21. The van der Waals surface area contributed by atoms with Gasteiger partial charge in [0, 0.05) is 29.6 Å². The summed E-state index contributed by atoms with van der Waals surface area (Å²) in [7, 11) is -1.27. The Hall–Kier alpha value is -3.63. The van der Waals surface area contributed by atoms with Crippen LogP contribution >= 0.6 is 11.6 Å². The van der Waals surface area contributed by atoms with Gasteiger partial charge in [-0.25, -0.2) is 18.8 Å². The molecule has 2 aromatic carbocycles. The normalized spacial score (nSPS) is 15.2. The Morgan fingerprint density at radius 3 is 2.75 bits per heavy atom. The van der Waals surface area contributed by atoms with E-state index in [2.05, 4.69) is 15.5 Å². The number of rotatable bonds is 4. The number of carbonyl (C=O) groups excluding carboxylic acids is 1. The van der Waals surface area contributed by atoms with E-state index in [-0.39, 0.29) is 15.6 Å². The molecule has 1 amide bonds. The van der Waals surface area contributed by atoms with Crippen molar-refractivity contribution < 1.29 is 23.1 Å². The van der Waals surface area contributed by atoms with Crippen LogP contribution in [0.5, 0.6) is 5.75 Å². The highest BCUT2D eigenvalue weighted by Crippen LogP contribution is 2.34. The summed E-state index contributed by atoms with van der Waals surface area (Å²) < 4.78 is 31.3. The number of amides is 1. The minimum absolute atomic E-state index is 0.0388. The van der Waals surface area contributed by atoms with Crippen molar-refractivity contribution in [1.29, 1.82) is 0 Å². The summed E-state index contributed by atoms with van der Waals surface area (Å²) in [6, 6.07) is 12.9. The first-order valence-corrected chi connectivity index (χ1v) is 11.0. The maximum Gasteiger partial charge on any atom is 0.292 e. The number of nitrogens with zero attached hydrogens (tertiary/aromatic N) is 3. The average Bonchev–Trinajstić information content (AvgIpc) is 2.78. The SMILES string of the molecule is COc1ccc2cc(/C=N/NC(=O)C3=C(O)c4ccccc4S(=O)(=O)N3C)c(Cl)nc2c1. The highest BCUT2D eigenvalue weighted by atomic mass is 35.5. The first-order chi connectivity index (χ1) is 15.2. The number of likely N-dealkylation sites (N-methyl/N-ethyl adjacent to an activating group) is 1. The number of carbonyl (C=O) groups is 1. The highest BCUT2D eigenvalue weighted by Gasteiger charge is 2.37. The molecule has 3 aromatic rings. The third-order valence-corrected chi connectivity index (χ3v) is 7.03. The van der Waals surface area contributed by atoms with Crippen LogP contribution in [0.3, 0.4) is 0 Å². The summed E-state index contributed by atoms with van der Waals surface area (Å²) in [6.45, 7) is 0. The minimum atomic E-state index is -4.00. The number of sulfonamides is 1. The largest absolute Gasteiger partial charge is 0.505 e. The standard InChI is InChI=1S/C21H17ClN4O5S/c1-26-18(19(27)15-5-3-4-6-17(15)32(26,29)30)21(28)25-23-11-13-9-12-7-8-14(31-2)10-16(12)24-20(13)22/h3-11,27H,1-2H3,(H,25,28)/b23-11+. The van der Waals surface area contributed by atoms with E-state index in [1.54, 1.807) is 37.4 Å². The molecule has 0 aliphatic carbocycles. The van der Waals surface area contributed by atoms with Gasteiger partial charge in [0.1, 0.15) is 10.9 Å². The molecule has 11 heteroatoms. The van der Waals surface area contributed by atoms with Gasteiger partial charge in [0.05, 0.1) is 23.7 Å². The van der Waals surface area contributed by atoms with Crippen molar-refractivity contribution >= 4 is 50.4 Å². The molecular formula is C21H17ClN4O5S. The summed E-state index contributed by atoms with van der Waals surface area (Å²) in [6.07, 6.45) is 1.28. The zero-order chi connectivity index (χ0) is 23.0. The Labute approximate surface area is 188 Å². The molecule has 0 bridgehead atoms. The quantitative estimate of drug-likeness (QED) is 0.342. The number of benzene rings is 2. The lowest BCUT2D eigenvalue weighted by Crippen LogP contribution is -2.38. The predicted molar refractivity (Wildman–Crippen MR) is 120 cm³/mol. The van der Waals surface area contributed by atoms with Gasteiger partial charge in [-0.1, -0.05) is 23.7 Å². The van der Waals surface area contributed by atoms with Crippen molar-refractivity contribution in [3.63, 3.8) is 0 Å². The number of aliphatic hydroxyl groups is 1. The van der Waals surface area contributed by atoms with Gasteiger partial charge in [0.2, 0.25) is 0 Å². The number of methoxy groups -OCH3 is 1. The van der Waals surface area contributed by atoms with E-state index in [1.165, 1.54) is 31.5 Å². The second-order valence-electron chi connectivity index (χ2n) is 6.79. The molecule has 0 spiro atoms. The van der Waals surface area contributed by atoms with Crippen LogP contribution in [0, 0.1) is 0 Å². The van der Waals surface area contributed by atoms with Gasteiger partial charge in [0.15, 0.2) is 11.5 Å². The van der Waals surface area contributed by atoms with Gasteiger partial charge < -0.3 is 9.84 Å². The summed E-state index contributed by atoms with van der Waals surface area (Å²) in [4.78, 5) is 16.9. The third-order valence-electron chi connectivity index (χ3n) is 4.91. The third kappa shape index (κ3) is 3.63. The number of hydrogen-bond donors (Lipinski definition) is 2. The first-order valence-electron chi connectivity index (χ1n) is 9.23. The number of halogens is 1. The number of fused-ring (bicyclic) bond motifs is 2. The number of nitrogens with one attached hydrogen (secondary N) is 1. The highest BCUT2D eigenvalue weighted by molar-refractivity contribution is 7.89. The molecule has 0 saturated heterocycles. The van der Waals surface area contributed by atoms with E-state index in [9.17, 15) is 18.3 Å². The Kier molecular flexibility index (Phi) is 5.49. The maximum absolute atomic E-state index is 12.7. The second-order valence-corrected chi connectivity index (χ2v) is 9.09. The number of hydrazone groups is 1. The molecule has 0 radical (unpaired) electrons. The van der Waals surface area contributed by atoms with Gasteiger partial charge >= 0.3 is 0 Å². The fourth-order valence-corrected chi connectivity index (χ4v) is 4.85. The zero-order valence-corrected chi connectivity index (χ0v) is 18.5. The predicted octanol–water partition coefficient (Wildman–Crippen LogP) is 2.91. The number of pyridine rings is 1. The number of aromatic nitrogens is 1. The molecular weight excluding hydrogens is 456 g/mol. The topological polar surface area (TPSA) is 121 Å². The molecule has 1 aliphatic rings. The lowest BCUT2D eigenvalue weighted by Gasteiger charge is -2.27. The Morgan fingerprint density at radius 2 is 2.00 bits per heavy atom. The molecule has 0 saturated carbocycles. The smallest absolute Gasteiger partial charge is 0.292 e. The van der Waals surface area contributed by atoms with E-state index in [0.29, 0.717) is 21.1 Å². The van der Waals surface area contributed by atoms with Crippen LogP contribution in [0.15, 0.2) is 64.2 Å². The summed E-state index contributed by atoms with van der Waals surface area (Å²) in [5.74, 6) is -0.741. The number of ether oxygens (including phenoxy) is 1. The van der Waals surface area contributed by atoms with Gasteiger partial charge in [-0.15, -0.1) is 0 Å². The second kappa shape index (κ2) is 8.13. The van der Waals surface area contributed by atoms with Crippen molar-refractivity contribution in [3.8, 4) is 5.75 Å². The van der Waals surface area contributed by atoms with E-state index < -0.39 is 27.4 Å². The van der Waals surface area contributed by atoms with Crippen molar-refractivity contribution in [2.45, 2.75) is 4.90 Å². The van der Waals surface area contributed by atoms with Gasteiger partial charge in [-0.3, -0.25) is 9.10 Å². The van der Waals surface area contributed by atoms with Crippen LogP contribution in [0.25, 0.3) is 16.7 Å². The molecule has 1 aliphatic heterocycles. The molecule has 0 fully saturated rings. The maximum atomic E-state index is 12.7. The van der Waals surface area contributed by atoms with Crippen LogP contribution in [-0.2, 0) is 14.8 Å². The Bertz CT molecular complexity index is 1420. The van der Waals surface area contributed by atoms with E-state index >= 15 is 0 Å². The van der Waals surface area contributed by atoms with Crippen molar-refractivity contribution in [3.05, 3.63) is 70.5 Å². The van der Waals surface area contributed by atoms with Crippen LogP contribution < -0.4 is 10.2 Å². The van der Waals surface area contributed by atoms with Crippen LogP contribution in [-0.4, -0.2) is 49.1 Å². The summed E-state index contributed by atoms with van der Waals surface area (Å²) in [5.41, 5.74) is 2.87. The molecule has 0 atom stereocenters. The lowest BCUT2D eigenvalue weighted by atomic mass is 10.1. The van der Waals surface area contributed by atoms with Crippen LogP contribution in [0.1, 0.15) is 11.1 Å². The van der Waals surface area contributed by atoms with Crippen molar-refractivity contribution in [2.24, 2.45) is 5.10 Å². The molecule has 164 valence electrons. The summed E-state index contributed by atoms with van der Waals surface area (Å²) in [5, 5.41) is 15.3. The number of aliphatic hydroxyl groups excluding tert-OH is 1. The van der Waals surface area contributed by atoms with E-state index in [1.807, 2.05) is 0 Å². The monoisotopic (exact) mass is 472 g/mol. The Morgan fingerprint density at radius 1 is 1.25 bits per heavy atom. The molecule has 1 aromatic heterocycles. The molecule has 9 nitrogen and oxygen atoms in total. The lowest BCUT2D eigenvalue weighted by molar-refractivity contribution is -0.118. The van der Waals surface area contributed by atoms with Gasteiger partial charge in [-0.05, 0) is 30.3 Å². The molecule has 2 heterocycles. The fraction of sp³-hybridized carbons (Fsp3) is 0.0952.